The molecule has 1 aromatic carbocycles. The topological polar surface area (TPSA) is 63.5 Å². The number of aliphatic imine (C=N–C) groups is 1. The number of guanidine groups is 1. The molecule has 0 saturated heterocycles. The Morgan fingerprint density at radius 3 is 2.29 bits per heavy atom. The molecule has 0 fully saturated rings. The van der Waals surface area contributed by atoms with Gasteiger partial charge in [0.2, 0.25) is 0 Å². The van der Waals surface area contributed by atoms with Crippen molar-refractivity contribution < 1.29 is 4.74 Å². The van der Waals surface area contributed by atoms with Gasteiger partial charge in [0.05, 0.1) is 12.3 Å². The number of nitrogens with one attached hydrogen (secondary N) is 2. The van der Waals surface area contributed by atoms with Crippen molar-refractivity contribution in [2.45, 2.75) is 33.5 Å². The van der Waals surface area contributed by atoms with E-state index in [-0.39, 0.29) is 0 Å². The molecule has 0 saturated carbocycles. The highest BCUT2D eigenvalue weighted by Crippen LogP contribution is 2.11. The van der Waals surface area contributed by atoms with Crippen LogP contribution < -0.4 is 10.6 Å². The summed E-state index contributed by atoms with van der Waals surface area (Å²) < 4.78 is 7.03. The van der Waals surface area contributed by atoms with Crippen molar-refractivity contribution in [3.63, 3.8) is 0 Å². The van der Waals surface area contributed by atoms with Crippen LogP contribution in [0, 0.1) is 13.8 Å². The summed E-state index contributed by atoms with van der Waals surface area (Å²) in [6.45, 7) is 6.17. The van der Waals surface area contributed by atoms with Crippen LogP contribution in [0.3, 0.4) is 0 Å². The molecule has 0 atom stereocenters. The van der Waals surface area contributed by atoms with Crippen LogP contribution in [0.15, 0.2) is 29.3 Å². The first kappa shape index (κ1) is 18.0. The number of methoxy groups -OCH3 is 1. The lowest BCUT2D eigenvalue weighted by molar-refractivity contribution is 0.185. The largest absolute Gasteiger partial charge is 0.380 e. The maximum absolute atomic E-state index is 5.13. The average molecular weight is 329 g/mol. The molecule has 6 nitrogen and oxygen atoms in total. The minimum absolute atomic E-state index is 0.640. The lowest BCUT2D eigenvalue weighted by Crippen LogP contribution is -2.36. The fourth-order valence-corrected chi connectivity index (χ4v) is 2.57. The third-order valence-electron chi connectivity index (χ3n) is 4.11. The standard InChI is InChI=1S/C18H27N5O/c1-13-17(14(2)23(4)22-13)11-21-18(19-3)20-10-15-6-8-16(9-7-15)12-24-5/h6-9H,10-12H2,1-5H3,(H2,19,20,21). The van der Waals surface area contributed by atoms with Gasteiger partial charge in [-0.15, -0.1) is 0 Å². The first-order valence-corrected chi connectivity index (χ1v) is 8.05. The van der Waals surface area contributed by atoms with E-state index in [9.17, 15) is 0 Å². The van der Waals surface area contributed by atoms with E-state index in [2.05, 4.69) is 51.9 Å². The van der Waals surface area contributed by atoms with Gasteiger partial charge in [-0.3, -0.25) is 9.67 Å². The lowest BCUT2D eigenvalue weighted by Gasteiger charge is -2.12. The zero-order chi connectivity index (χ0) is 17.5. The fourth-order valence-electron chi connectivity index (χ4n) is 2.57. The summed E-state index contributed by atoms with van der Waals surface area (Å²) in [5.74, 6) is 0.777. The fraction of sp³-hybridized carbons (Fsp3) is 0.444. The normalized spacial score (nSPS) is 11.6. The first-order chi connectivity index (χ1) is 11.5. The minimum atomic E-state index is 0.640. The Labute approximate surface area is 143 Å². The van der Waals surface area contributed by atoms with Crippen LogP contribution >= 0.6 is 0 Å². The van der Waals surface area contributed by atoms with Crippen LogP contribution in [0.2, 0.25) is 0 Å². The Morgan fingerprint density at radius 2 is 1.75 bits per heavy atom. The van der Waals surface area contributed by atoms with E-state index in [1.807, 2.05) is 18.7 Å². The third-order valence-corrected chi connectivity index (χ3v) is 4.11. The Morgan fingerprint density at radius 1 is 1.12 bits per heavy atom. The molecule has 0 aliphatic rings. The Bertz CT molecular complexity index is 688. The highest BCUT2D eigenvalue weighted by Gasteiger charge is 2.09. The van der Waals surface area contributed by atoms with Crippen LogP contribution in [-0.2, 0) is 31.5 Å². The van der Waals surface area contributed by atoms with Crippen molar-refractivity contribution in [2.24, 2.45) is 12.0 Å². The number of aromatic nitrogens is 2. The highest BCUT2D eigenvalue weighted by atomic mass is 16.5. The van der Waals surface area contributed by atoms with Crippen molar-refractivity contribution in [3.05, 3.63) is 52.3 Å². The maximum Gasteiger partial charge on any atom is 0.191 e. The lowest BCUT2D eigenvalue weighted by atomic mass is 10.1. The first-order valence-electron chi connectivity index (χ1n) is 8.05. The van der Waals surface area contributed by atoms with E-state index in [1.54, 1.807) is 14.2 Å². The summed E-state index contributed by atoms with van der Waals surface area (Å²) >= 11 is 0. The van der Waals surface area contributed by atoms with E-state index >= 15 is 0 Å². The summed E-state index contributed by atoms with van der Waals surface area (Å²) in [6.07, 6.45) is 0. The number of ether oxygens (including phenoxy) is 1. The summed E-state index contributed by atoms with van der Waals surface area (Å²) in [4.78, 5) is 4.28. The molecule has 1 heterocycles. The Balaban J connectivity index is 1.88. The van der Waals surface area contributed by atoms with Crippen LogP contribution in [0.5, 0.6) is 0 Å². The molecule has 0 aliphatic heterocycles. The highest BCUT2D eigenvalue weighted by molar-refractivity contribution is 5.79. The number of aryl methyl sites for hydroxylation is 2. The van der Waals surface area contributed by atoms with E-state index in [0.29, 0.717) is 13.2 Å². The summed E-state index contributed by atoms with van der Waals surface area (Å²) in [5, 5.41) is 11.1. The predicted molar refractivity (Wildman–Crippen MR) is 96.9 cm³/mol. The molecule has 130 valence electrons. The van der Waals surface area contributed by atoms with Crippen molar-refractivity contribution in [3.8, 4) is 0 Å². The predicted octanol–water partition coefficient (Wildman–Crippen LogP) is 2.05. The van der Waals surface area contributed by atoms with Gasteiger partial charge < -0.3 is 15.4 Å². The van der Waals surface area contributed by atoms with Gasteiger partial charge >= 0.3 is 0 Å². The van der Waals surface area contributed by atoms with Crippen molar-refractivity contribution in [2.75, 3.05) is 14.2 Å². The second-order valence-corrected chi connectivity index (χ2v) is 5.80. The molecule has 24 heavy (non-hydrogen) atoms. The number of benzene rings is 1. The molecule has 0 bridgehead atoms. The van der Waals surface area contributed by atoms with Gasteiger partial charge in [-0.25, -0.2) is 0 Å². The van der Waals surface area contributed by atoms with Crippen LogP contribution in [-0.4, -0.2) is 29.9 Å². The van der Waals surface area contributed by atoms with Gasteiger partial charge in [0.15, 0.2) is 5.96 Å². The van der Waals surface area contributed by atoms with Crippen LogP contribution in [0.1, 0.15) is 28.1 Å². The quantitative estimate of drug-likeness (QED) is 0.629. The Hall–Kier alpha value is -2.34. The molecule has 0 radical (unpaired) electrons. The number of hydrogen-bond acceptors (Lipinski definition) is 3. The molecule has 2 rings (SSSR count). The summed E-state index contributed by atoms with van der Waals surface area (Å²) in [6, 6.07) is 8.37. The van der Waals surface area contributed by atoms with Crippen molar-refractivity contribution >= 4 is 5.96 Å². The van der Waals surface area contributed by atoms with E-state index < -0.39 is 0 Å². The van der Waals surface area contributed by atoms with Crippen molar-refractivity contribution in [1.82, 2.24) is 20.4 Å². The van der Waals surface area contributed by atoms with Crippen LogP contribution in [0.4, 0.5) is 0 Å². The number of rotatable bonds is 6. The van der Waals surface area contributed by atoms with Gasteiger partial charge in [0.1, 0.15) is 0 Å². The van der Waals surface area contributed by atoms with Crippen LogP contribution in [0.25, 0.3) is 0 Å². The van der Waals surface area contributed by atoms with Gasteiger partial charge in [0, 0.05) is 45.6 Å². The van der Waals surface area contributed by atoms with Crippen molar-refractivity contribution in [1.29, 1.82) is 0 Å². The van der Waals surface area contributed by atoms with Gasteiger partial charge in [-0.2, -0.15) is 5.10 Å². The minimum Gasteiger partial charge on any atom is -0.380 e. The van der Waals surface area contributed by atoms with E-state index in [1.165, 1.54) is 22.4 Å². The van der Waals surface area contributed by atoms with Gasteiger partial charge in [-0.05, 0) is 25.0 Å². The molecule has 0 spiro atoms. The molecule has 2 N–H and O–H groups in total. The third kappa shape index (κ3) is 4.58. The second kappa shape index (κ2) is 8.49. The second-order valence-electron chi connectivity index (χ2n) is 5.80. The SMILES string of the molecule is CN=C(NCc1ccc(COC)cc1)NCc1c(C)nn(C)c1C. The molecule has 1 aromatic heterocycles. The molecular formula is C18H27N5O. The average Bonchev–Trinajstić information content (AvgIpc) is 2.82. The Kier molecular flexibility index (Phi) is 6.37. The molecule has 0 amide bonds. The zero-order valence-corrected chi connectivity index (χ0v) is 15.2. The van der Waals surface area contributed by atoms with Gasteiger partial charge in [-0.1, -0.05) is 24.3 Å². The van der Waals surface area contributed by atoms with E-state index in [4.69, 9.17) is 4.74 Å². The molecule has 0 aliphatic carbocycles. The zero-order valence-electron chi connectivity index (χ0n) is 15.2. The molecule has 0 unspecified atom stereocenters. The van der Waals surface area contributed by atoms with Gasteiger partial charge in [0.25, 0.3) is 0 Å². The number of hydrogen-bond donors (Lipinski definition) is 2. The molecule has 6 heteroatoms. The molecule has 2 aromatic rings. The van der Waals surface area contributed by atoms with E-state index in [0.717, 1.165) is 18.2 Å². The summed E-state index contributed by atoms with van der Waals surface area (Å²) in [5.41, 5.74) is 5.80. The number of nitrogens with zero attached hydrogens (tertiary/aromatic N) is 3. The maximum atomic E-state index is 5.13. The monoisotopic (exact) mass is 329 g/mol. The summed E-state index contributed by atoms with van der Waals surface area (Å²) in [7, 11) is 5.45. The smallest absolute Gasteiger partial charge is 0.191 e. The molecular weight excluding hydrogens is 302 g/mol.